The fourth-order valence-corrected chi connectivity index (χ4v) is 3.99. The average Bonchev–Trinajstić information content (AvgIpc) is 3.18. The van der Waals surface area contributed by atoms with Gasteiger partial charge in [-0.05, 0) is 0 Å². The van der Waals surface area contributed by atoms with Crippen LogP contribution in [0.4, 0.5) is 0 Å². The second-order valence-corrected chi connectivity index (χ2v) is 8.03. The third-order valence-electron chi connectivity index (χ3n) is 5.30. The maximum atomic E-state index is 11.9. The summed E-state index contributed by atoms with van der Waals surface area (Å²) in [5.41, 5.74) is 0. The van der Waals surface area contributed by atoms with E-state index in [4.69, 9.17) is 37.9 Å². The van der Waals surface area contributed by atoms with Crippen LogP contribution in [-0.4, -0.2) is 109 Å². The number of ether oxygens (including phenoxy) is 8. The van der Waals surface area contributed by atoms with E-state index in [1.807, 2.05) is 0 Å². The molecule has 0 saturated carbocycles. The van der Waals surface area contributed by atoms with Crippen LogP contribution in [0.2, 0.25) is 0 Å². The van der Waals surface area contributed by atoms with Crippen molar-refractivity contribution in [2.45, 2.75) is 89.1 Å². The van der Waals surface area contributed by atoms with Crippen LogP contribution in [-0.2, 0) is 57.1 Å². The van der Waals surface area contributed by atoms with Crippen LogP contribution in [0.5, 0.6) is 0 Å². The van der Waals surface area contributed by atoms with Crippen LogP contribution < -0.4 is 0 Å². The van der Waals surface area contributed by atoms with E-state index in [0.717, 1.165) is 27.7 Å². The maximum absolute atomic E-state index is 11.9. The highest BCUT2D eigenvalue weighted by atomic mass is 16.8. The summed E-state index contributed by atoms with van der Waals surface area (Å²) in [6.07, 6.45) is -12.9. The van der Waals surface area contributed by atoms with Gasteiger partial charge in [0.15, 0.2) is 30.9 Å². The Morgan fingerprint density at radius 1 is 0.765 bits per heavy atom. The minimum atomic E-state index is -1.52. The highest BCUT2D eigenvalue weighted by Crippen LogP contribution is 2.35. The van der Waals surface area contributed by atoms with E-state index in [1.165, 1.54) is 0 Å². The van der Waals surface area contributed by atoms with Crippen molar-refractivity contribution in [3.63, 3.8) is 0 Å². The minimum absolute atomic E-state index is 0.00523. The van der Waals surface area contributed by atoms with Crippen LogP contribution >= 0.6 is 0 Å². The Bertz CT molecular complexity index is 785. The van der Waals surface area contributed by atoms with Crippen molar-refractivity contribution in [1.82, 2.24) is 0 Å². The number of fused-ring (bicyclic) bond motifs is 2. The molecule has 34 heavy (non-hydrogen) atoms. The van der Waals surface area contributed by atoms with Crippen molar-refractivity contribution in [3.05, 3.63) is 0 Å². The molecule has 14 nitrogen and oxygen atoms in total. The summed E-state index contributed by atoms with van der Waals surface area (Å²) in [4.78, 5) is 46.9. The Kier molecular flexibility index (Phi) is 8.43. The third kappa shape index (κ3) is 6.00. The number of esters is 4. The van der Waals surface area contributed by atoms with E-state index < -0.39 is 91.9 Å². The van der Waals surface area contributed by atoms with Gasteiger partial charge in [-0.1, -0.05) is 0 Å². The van der Waals surface area contributed by atoms with E-state index in [0.29, 0.717) is 0 Å². The Hall–Kier alpha value is -2.36. The molecule has 2 N–H and O–H groups in total. The second-order valence-electron chi connectivity index (χ2n) is 8.03. The lowest BCUT2D eigenvalue weighted by atomic mass is 9.97. The van der Waals surface area contributed by atoms with Crippen molar-refractivity contribution in [2.24, 2.45) is 0 Å². The van der Waals surface area contributed by atoms with Gasteiger partial charge < -0.3 is 48.1 Å². The quantitative estimate of drug-likeness (QED) is 0.292. The normalized spacial score (nSPS) is 39.1. The number of aliphatic hydroxyl groups is 2. The summed E-state index contributed by atoms with van der Waals surface area (Å²) in [6, 6.07) is 0. The summed E-state index contributed by atoms with van der Waals surface area (Å²) < 4.78 is 43.3. The fraction of sp³-hybridized carbons (Fsp3) is 0.800. The van der Waals surface area contributed by atoms with Crippen molar-refractivity contribution in [2.75, 3.05) is 13.2 Å². The lowest BCUT2D eigenvalue weighted by molar-refractivity contribution is -0.340. The highest BCUT2D eigenvalue weighted by Gasteiger charge is 2.56. The zero-order valence-corrected chi connectivity index (χ0v) is 19.0. The number of hydrogen-bond donors (Lipinski definition) is 2. The third-order valence-corrected chi connectivity index (χ3v) is 5.30. The zero-order chi connectivity index (χ0) is 25.2. The molecule has 3 aliphatic heterocycles. The lowest BCUT2D eigenvalue weighted by Crippen LogP contribution is -2.65. The topological polar surface area (TPSA) is 183 Å². The molecule has 3 saturated heterocycles. The van der Waals surface area contributed by atoms with Gasteiger partial charge in [-0.15, -0.1) is 0 Å². The van der Waals surface area contributed by atoms with Crippen LogP contribution in [0.25, 0.3) is 0 Å². The average molecular weight is 492 g/mol. The summed E-state index contributed by atoms with van der Waals surface area (Å²) >= 11 is 0. The molecule has 0 aromatic carbocycles. The van der Waals surface area contributed by atoms with Crippen molar-refractivity contribution in [3.8, 4) is 0 Å². The van der Waals surface area contributed by atoms with E-state index in [1.54, 1.807) is 0 Å². The number of carbonyl (C=O) groups is 4. The van der Waals surface area contributed by atoms with E-state index in [9.17, 15) is 29.4 Å². The molecule has 10 atom stereocenters. The van der Waals surface area contributed by atoms with Gasteiger partial charge in [0.2, 0.25) is 0 Å². The SMILES string of the molecule is CC(=O)OCC1O[C@H](OC2C3COC(O3)C(O)[C@H]2O)C(OC(C)=O)C(OC(C)=O)[C@@H]1OC(C)=O. The van der Waals surface area contributed by atoms with Gasteiger partial charge in [0.05, 0.1) is 6.61 Å². The summed E-state index contributed by atoms with van der Waals surface area (Å²) in [6.45, 7) is 3.99. The largest absolute Gasteiger partial charge is 0.463 e. The Morgan fingerprint density at radius 2 is 1.35 bits per heavy atom. The van der Waals surface area contributed by atoms with Gasteiger partial charge in [-0.25, -0.2) is 0 Å². The van der Waals surface area contributed by atoms with Crippen molar-refractivity contribution < 1.29 is 67.3 Å². The summed E-state index contributed by atoms with van der Waals surface area (Å²) in [7, 11) is 0. The maximum Gasteiger partial charge on any atom is 0.303 e. The molecule has 2 bridgehead atoms. The molecule has 3 heterocycles. The molecule has 3 fully saturated rings. The summed E-state index contributed by atoms with van der Waals surface area (Å²) in [5, 5.41) is 20.7. The predicted molar refractivity (Wildman–Crippen MR) is 103 cm³/mol. The first-order chi connectivity index (χ1) is 16.0. The monoisotopic (exact) mass is 492 g/mol. The molecule has 0 aromatic heterocycles. The lowest BCUT2D eigenvalue weighted by Gasteiger charge is -2.46. The van der Waals surface area contributed by atoms with Crippen LogP contribution in [0.15, 0.2) is 0 Å². The minimum Gasteiger partial charge on any atom is -0.463 e. The fourth-order valence-electron chi connectivity index (χ4n) is 3.99. The van der Waals surface area contributed by atoms with Gasteiger partial charge in [0.1, 0.15) is 37.1 Å². The van der Waals surface area contributed by atoms with E-state index in [2.05, 4.69) is 0 Å². The second kappa shape index (κ2) is 10.9. The predicted octanol–water partition coefficient (Wildman–Crippen LogP) is -2.07. The summed E-state index contributed by atoms with van der Waals surface area (Å²) in [5.74, 6) is -3.03. The molecule has 0 spiro atoms. The van der Waals surface area contributed by atoms with Gasteiger partial charge in [-0.2, -0.15) is 0 Å². The first-order valence-electron chi connectivity index (χ1n) is 10.6. The van der Waals surface area contributed by atoms with Crippen molar-refractivity contribution in [1.29, 1.82) is 0 Å². The Labute approximate surface area is 194 Å². The molecule has 14 heteroatoms. The standard InChI is InChI=1S/C20H28O14/c1-7(21)27-5-12-16(29-8(2)22)17(30-9(3)23)18(31-10(4)24)20(33-12)34-15-11-6-28-19(32-11)14(26)13(15)25/h11-20,25-26H,5-6H2,1-4H3/t11?,12?,13-,14?,15?,16-,17?,18?,19?,20-/m1/s1. The molecule has 0 aliphatic carbocycles. The molecule has 0 radical (unpaired) electrons. The Balaban J connectivity index is 1.94. The molecule has 0 aromatic rings. The van der Waals surface area contributed by atoms with Crippen molar-refractivity contribution >= 4 is 23.9 Å². The number of rotatable bonds is 7. The smallest absolute Gasteiger partial charge is 0.303 e. The molecule has 0 amide bonds. The first kappa shape index (κ1) is 26.2. The molecular weight excluding hydrogens is 464 g/mol. The van der Waals surface area contributed by atoms with Crippen LogP contribution in [0.3, 0.4) is 0 Å². The molecule has 3 rings (SSSR count). The van der Waals surface area contributed by atoms with Gasteiger partial charge in [-0.3, -0.25) is 19.2 Å². The Morgan fingerprint density at radius 3 is 1.94 bits per heavy atom. The molecule has 7 unspecified atom stereocenters. The van der Waals surface area contributed by atoms with Crippen LogP contribution in [0, 0.1) is 0 Å². The van der Waals surface area contributed by atoms with E-state index >= 15 is 0 Å². The highest BCUT2D eigenvalue weighted by molar-refractivity contribution is 5.68. The van der Waals surface area contributed by atoms with E-state index in [-0.39, 0.29) is 6.61 Å². The van der Waals surface area contributed by atoms with Gasteiger partial charge in [0, 0.05) is 27.7 Å². The number of carbonyl (C=O) groups excluding carboxylic acids is 4. The molecular formula is C20H28O14. The van der Waals surface area contributed by atoms with Gasteiger partial charge >= 0.3 is 23.9 Å². The van der Waals surface area contributed by atoms with Crippen LogP contribution in [0.1, 0.15) is 27.7 Å². The molecule has 3 aliphatic rings. The molecule has 192 valence electrons. The number of aliphatic hydroxyl groups excluding tert-OH is 2. The number of hydrogen-bond acceptors (Lipinski definition) is 14. The van der Waals surface area contributed by atoms with Gasteiger partial charge in [0.25, 0.3) is 0 Å². The first-order valence-corrected chi connectivity index (χ1v) is 10.6. The zero-order valence-electron chi connectivity index (χ0n) is 19.0.